The number of benzene rings is 1. The molecule has 6 nitrogen and oxygen atoms in total. The van der Waals surface area contributed by atoms with Gasteiger partial charge in [-0.3, -0.25) is 4.31 Å². The molecule has 0 aliphatic carbocycles. The summed E-state index contributed by atoms with van der Waals surface area (Å²) in [4.78, 5) is 11.7. The minimum Gasteiger partial charge on any atom is -0.336 e. The molecule has 2 N–H and O–H groups in total. The summed E-state index contributed by atoms with van der Waals surface area (Å²) in [7, 11) is -1.93. The van der Waals surface area contributed by atoms with Crippen LogP contribution in [0.15, 0.2) is 24.3 Å². The van der Waals surface area contributed by atoms with Crippen LogP contribution in [-0.2, 0) is 10.0 Å². The first-order valence-corrected chi connectivity index (χ1v) is 7.67. The van der Waals surface area contributed by atoms with Crippen LogP contribution >= 0.6 is 0 Å². The van der Waals surface area contributed by atoms with E-state index in [9.17, 15) is 13.2 Å². The van der Waals surface area contributed by atoms with Gasteiger partial charge in [0.2, 0.25) is 10.0 Å². The fourth-order valence-electron chi connectivity index (χ4n) is 1.45. The molecule has 0 unspecified atom stereocenters. The molecule has 0 aliphatic heterocycles. The Morgan fingerprint density at radius 2 is 1.84 bits per heavy atom. The molecule has 106 valence electrons. The van der Waals surface area contributed by atoms with Gasteiger partial charge in [-0.15, -0.1) is 0 Å². The lowest BCUT2D eigenvalue weighted by atomic mass is 10.2. The van der Waals surface area contributed by atoms with Crippen LogP contribution in [0.2, 0.25) is 0 Å². The van der Waals surface area contributed by atoms with Gasteiger partial charge >= 0.3 is 6.03 Å². The third-order valence-electron chi connectivity index (χ3n) is 2.41. The molecule has 7 heteroatoms. The molecule has 1 aromatic carbocycles. The highest BCUT2D eigenvalue weighted by Gasteiger charge is 2.16. The molecule has 0 fully saturated rings. The normalized spacial score (nSPS) is 11.2. The molecule has 1 aromatic rings. The number of hydrogen-bond donors (Lipinski definition) is 2. The molecule has 0 bridgehead atoms. The Hall–Kier alpha value is -1.76. The average molecular weight is 285 g/mol. The fourth-order valence-corrected chi connectivity index (χ4v) is 1.97. The third-order valence-corrected chi connectivity index (χ3v) is 3.60. The number of amides is 2. The van der Waals surface area contributed by atoms with E-state index in [1.807, 2.05) is 13.8 Å². The maximum atomic E-state index is 11.7. The molecule has 2 amide bonds. The molecule has 0 aromatic heterocycles. The van der Waals surface area contributed by atoms with E-state index >= 15 is 0 Å². The number of nitrogens with one attached hydrogen (secondary N) is 2. The lowest BCUT2D eigenvalue weighted by molar-refractivity contribution is 0.250. The van der Waals surface area contributed by atoms with Gasteiger partial charge in [-0.05, 0) is 26.0 Å². The molecule has 19 heavy (non-hydrogen) atoms. The molecule has 1 rings (SSSR count). The highest BCUT2D eigenvalue weighted by molar-refractivity contribution is 7.92. The molecule has 0 aliphatic rings. The zero-order valence-electron chi connectivity index (χ0n) is 11.5. The third kappa shape index (κ3) is 4.44. The summed E-state index contributed by atoms with van der Waals surface area (Å²) < 4.78 is 24.2. The van der Waals surface area contributed by atoms with Gasteiger partial charge in [0, 0.05) is 13.1 Å². The predicted molar refractivity (Wildman–Crippen MR) is 77.0 cm³/mol. The van der Waals surface area contributed by atoms with Gasteiger partial charge in [-0.1, -0.05) is 12.1 Å². The highest BCUT2D eigenvalue weighted by atomic mass is 32.2. The minimum atomic E-state index is -3.38. The first-order chi connectivity index (χ1) is 8.71. The van der Waals surface area contributed by atoms with Crippen LogP contribution in [0.3, 0.4) is 0 Å². The Morgan fingerprint density at radius 1 is 1.26 bits per heavy atom. The monoisotopic (exact) mass is 285 g/mol. The van der Waals surface area contributed by atoms with Crippen molar-refractivity contribution in [2.24, 2.45) is 0 Å². The van der Waals surface area contributed by atoms with Crippen LogP contribution in [-0.4, -0.2) is 33.8 Å². The number of nitrogens with zero attached hydrogens (tertiary/aromatic N) is 1. The van der Waals surface area contributed by atoms with Crippen LogP contribution in [0.1, 0.15) is 13.8 Å². The second-order valence-corrected chi connectivity index (χ2v) is 6.51. The molecule has 0 atom stereocenters. The van der Waals surface area contributed by atoms with Crippen LogP contribution < -0.4 is 14.9 Å². The van der Waals surface area contributed by atoms with E-state index in [-0.39, 0.29) is 12.1 Å². The number of hydrogen-bond acceptors (Lipinski definition) is 3. The van der Waals surface area contributed by atoms with Crippen molar-refractivity contribution in [1.82, 2.24) is 5.32 Å². The van der Waals surface area contributed by atoms with Crippen molar-refractivity contribution in [1.29, 1.82) is 0 Å². The van der Waals surface area contributed by atoms with E-state index in [0.29, 0.717) is 11.4 Å². The van der Waals surface area contributed by atoms with Gasteiger partial charge < -0.3 is 10.6 Å². The van der Waals surface area contributed by atoms with Crippen molar-refractivity contribution in [2.45, 2.75) is 19.9 Å². The predicted octanol–water partition coefficient (Wildman–Crippen LogP) is 1.61. The number of sulfonamides is 1. The van der Waals surface area contributed by atoms with Gasteiger partial charge in [0.05, 0.1) is 17.6 Å². The summed E-state index contributed by atoms with van der Waals surface area (Å²) in [6.45, 7) is 3.68. The lowest BCUT2D eigenvalue weighted by Gasteiger charge is -2.20. The molecule has 0 radical (unpaired) electrons. The first kappa shape index (κ1) is 15.3. The Balaban J connectivity index is 3.00. The van der Waals surface area contributed by atoms with Gasteiger partial charge in [0.25, 0.3) is 0 Å². The molecule has 0 heterocycles. The second-order valence-electron chi connectivity index (χ2n) is 4.50. The zero-order chi connectivity index (χ0) is 14.6. The summed E-state index contributed by atoms with van der Waals surface area (Å²) in [5, 5.41) is 5.32. The van der Waals surface area contributed by atoms with Gasteiger partial charge in [-0.25, -0.2) is 13.2 Å². The van der Waals surface area contributed by atoms with E-state index in [1.165, 1.54) is 7.05 Å². The zero-order valence-corrected chi connectivity index (χ0v) is 12.3. The van der Waals surface area contributed by atoms with E-state index in [2.05, 4.69) is 10.6 Å². The Bertz CT molecular complexity index is 555. The fraction of sp³-hybridized carbons (Fsp3) is 0.417. The van der Waals surface area contributed by atoms with E-state index in [1.54, 1.807) is 24.3 Å². The van der Waals surface area contributed by atoms with Crippen molar-refractivity contribution < 1.29 is 13.2 Å². The van der Waals surface area contributed by atoms with Crippen LogP contribution in [0, 0.1) is 0 Å². The molecule has 0 saturated carbocycles. The van der Waals surface area contributed by atoms with Crippen molar-refractivity contribution in [3.63, 3.8) is 0 Å². The Morgan fingerprint density at radius 3 is 2.37 bits per heavy atom. The van der Waals surface area contributed by atoms with Gasteiger partial charge in [0.15, 0.2) is 0 Å². The standard InChI is InChI=1S/C12H19N3O3S/c1-9(2)13-12(16)14-10-7-5-6-8-11(10)15(3)19(4,17)18/h5-9H,1-4H3,(H2,13,14,16). The number of carbonyl (C=O) groups is 1. The van der Waals surface area contributed by atoms with E-state index in [4.69, 9.17) is 0 Å². The number of anilines is 2. The Labute approximate surface area is 113 Å². The summed E-state index contributed by atoms with van der Waals surface area (Å²) >= 11 is 0. The van der Waals surface area contributed by atoms with Gasteiger partial charge in [0.1, 0.15) is 0 Å². The van der Waals surface area contributed by atoms with Crippen molar-refractivity contribution in [3.8, 4) is 0 Å². The SMILES string of the molecule is CC(C)NC(=O)Nc1ccccc1N(C)S(C)(=O)=O. The summed E-state index contributed by atoms with van der Waals surface area (Å²) in [6.07, 6.45) is 1.11. The van der Waals surface area contributed by atoms with E-state index < -0.39 is 10.0 Å². The maximum Gasteiger partial charge on any atom is 0.319 e. The highest BCUT2D eigenvalue weighted by Crippen LogP contribution is 2.26. The van der Waals surface area contributed by atoms with Gasteiger partial charge in [-0.2, -0.15) is 0 Å². The van der Waals surface area contributed by atoms with Crippen molar-refractivity contribution in [2.75, 3.05) is 22.9 Å². The van der Waals surface area contributed by atoms with Crippen molar-refractivity contribution >= 4 is 27.4 Å². The molecular formula is C12H19N3O3S. The van der Waals surface area contributed by atoms with E-state index in [0.717, 1.165) is 10.6 Å². The molecule has 0 spiro atoms. The topological polar surface area (TPSA) is 78.5 Å². The summed E-state index contributed by atoms with van der Waals surface area (Å²) in [6, 6.07) is 6.35. The smallest absolute Gasteiger partial charge is 0.319 e. The average Bonchev–Trinajstić information content (AvgIpc) is 2.26. The summed E-state index contributed by atoms with van der Waals surface area (Å²) in [5.41, 5.74) is 0.859. The number of para-hydroxylation sites is 2. The largest absolute Gasteiger partial charge is 0.336 e. The molecular weight excluding hydrogens is 266 g/mol. The second kappa shape index (κ2) is 5.92. The number of rotatable bonds is 4. The van der Waals surface area contributed by atoms with Crippen LogP contribution in [0.5, 0.6) is 0 Å². The number of urea groups is 1. The van der Waals surface area contributed by atoms with Crippen molar-refractivity contribution in [3.05, 3.63) is 24.3 Å². The molecule has 0 saturated heterocycles. The quantitative estimate of drug-likeness (QED) is 0.882. The summed E-state index contributed by atoms with van der Waals surface area (Å²) in [5.74, 6) is 0. The number of carbonyl (C=O) groups excluding carboxylic acids is 1. The van der Waals surface area contributed by atoms with Crippen LogP contribution in [0.25, 0.3) is 0 Å². The Kier molecular flexibility index (Phi) is 4.77. The van der Waals surface area contributed by atoms with Crippen LogP contribution in [0.4, 0.5) is 16.2 Å². The first-order valence-electron chi connectivity index (χ1n) is 5.82. The lowest BCUT2D eigenvalue weighted by Crippen LogP contribution is -2.35. The minimum absolute atomic E-state index is 0.000186. The maximum absolute atomic E-state index is 11.7.